The zero-order valence-corrected chi connectivity index (χ0v) is 10.2. The Bertz CT molecular complexity index is 151. The molecule has 0 spiro atoms. The minimum absolute atomic E-state index is 0.615. The normalized spacial score (nSPS) is 32.0. The molecule has 1 unspecified atom stereocenters. The summed E-state index contributed by atoms with van der Waals surface area (Å²) >= 11 is 3.66. The second-order valence-corrected chi connectivity index (χ2v) is 5.49. The maximum absolute atomic E-state index is 3.66. The first-order valence-corrected chi connectivity index (χ1v) is 6.26. The van der Waals surface area contributed by atoms with Crippen LogP contribution in [0.4, 0.5) is 0 Å². The topological polar surface area (TPSA) is 0 Å². The Kier molecular flexibility index (Phi) is 3.25. The lowest BCUT2D eigenvalue weighted by atomic mass is 9.92. The van der Waals surface area contributed by atoms with Gasteiger partial charge in [0, 0.05) is 5.33 Å². The number of unbranched alkanes of at least 4 members (excludes halogenated alkanes) is 2. The quantitative estimate of drug-likeness (QED) is 0.488. The lowest BCUT2D eigenvalue weighted by molar-refractivity contribution is 0.383. The van der Waals surface area contributed by atoms with Gasteiger partial charge in [0.05, 0.1) is 0 Å². The van der Waals surface area contributed by atoms with Crippen molar-refractivity contribution in [2.45, 2.75) is 52.9 Å². The van der Waals surface area contributed by atoms with E-state index in [-0.39, 0.29) is 0 Å². The predicted molar refractivity (Wildman–Crippen MR) is 58.8 cm³/mol. The Hall–Kier alpha value is 0.480. The van der Waals surface area contributed by atoms with Crippen LogP contribution in [0.3, 0.4) is 0 Å². The first kappa shape index (κ1) is 10.6. The minimum atomic E-state index is 0.615. The van der Waals surface area contributed by atoms with Crippen molar-refractivity contribution in [2.24, 2.45) is 10.8 Å². The van der Waals surface area contributed by atoms with E-state index in [0.717, 1.165) is 0 Å². The monoisotopic (exact) mass is 232 g/mol. The Morgan fingerprint density at radius 1 is 1.25 bits per heavy atom. The van der Waals surface area contributed by atoms with E-state index in [1.807, 2.05) is 0 Å². The molecular weight excluding hydrogens is 212 g/mol. The van der Waals surface area contributed by atoms with Crippen LogP contribution in [0.25, 0.3) is 0 Å². The number of hydrogen-bond acceptors (Lipinski definition) is 0. The van der Waals surface area contributed by atoms with Crippen molar-refractivity contribution in [3.05, 3.63) is 0 Å². The van der Waals surface area contributed by atoms with Crippen LogP contribution in [0.1, 0.15) is 52.9 Å². The van der Waals surface area contributed by atoms with Crippen molar-refractivity contribution in [1.82, 2.24) is 0 Å². The van der Waals surface area contributed by atoms with E-state index in [1.165, 1.54) is 37.4 Å². The lowest BCUT2D eigenvalue weighted by Crippen LogP contribution is -2.10. The molecular formula is C11H21Br. The van der Waals surface area contributed by atoms with Crippen molar-refractivity contribution < 1.29 is 0 Å². The molecule has 0 aromatic carbocycles. The van der Waals surface area contributed by atoms with Gasteiger partial charge in [0.25, 0.3) is 0 Å². The van der Waals surface area contributed by atoms with Gasteiger partial charge in [-0.1, -0.05) is 56.0 Å². The molecule has 0 amide bonds. The minimum Gasteiger partial charge on any atom is -0.0922 e. The average Bonchev–Trinajstić information content (AvgIpc) is 2.55. The highest BCUT2D eigenvalue weighted by Gasteiger charge is 2.58. The molecule has 12 heavy (non-hydrogen) atoms. The third-order valence-electron chi connectivity index (χ3n) is 3.61. The van der Waals surface area contributed by atoms with Gasteiger partial charge in [0.2, 0.25) is 0 Å². The summed E-state index contributed by atoms with van der Waals surface area (Å²) in [6.07, 6.45) is 7.03. The van der Waals surface area contributed by atoms with Crippen molar-refractivity contribution in [3.8, 4) is 0 Å². The Labute approximate surface area is 85.3 Å². The maximum atomic E-state index is 3.66. The van der Waals surface area contributed by atoms with Crippen LogP contribution in [-0.2, 0) is 0 Å². The Morgan fingerprint density at radius 3 is 2.17 bits per heavy atom. The van der Waals surface area contributed by atoms with Crippen molar-refractivity contribution in [2.75, 3.05) is 5.33 Å². The molecule has 0 heterocycles. The number of hydrogen-bond donors (Lipinski definition) is 0. The zero-order chi connectivity index (χ0) is 9.24. The van der Waals surface area contributed by atoms with Gasteiger partial charge in [-0.05, 0) is 23.7 Å². The van der Waals surface area contributed by atoms with E-state index in [2.05, 4.69) is 36.7 Å². The molecule has 0 radical (unpaired) electrons. The molecule has 0 aromatic rings. The average molecular weight is 233 g/mol. The molecule has 0 aromatic heterocycles. The molecule has 0 bridgehead atoms. The fraction of sp³-hybridized carbons (Fsp3) is 1.00. The second-order valence-electron chi connectivity index (χ2n) is 4.93. The van der Waals surface area contributed by atoms with Gasteiger partial charge in [0.15, 0.2) is 0 Å². The SMILES string of the molecule is CCCCCC1(CBr)CC1(C)C. The highest BCUT2D eigenvalue weighted by atomic mass is 79.9. The van der Waals surface area contributed by atoms with Crippen LogP contribution in [-0.4, -0.2) is 5.33 Å². The molecule has 1 rings (SSSR count). The Morgan fingerprint density at radius 2 is 1.83 bits per heavy atom. The Balaban J connectivity index is 2.30. The smallest absolute Gasteiger partial charge is 0.00932 e. The highest BCUT2D eigenvalue weighted by Crippen LogP contribution is 2.66. The van der Waals surface area contributed by atoms with Crippen LogP contribution >= 0.6 is 15.9 Å². The molecule has 1 heteroatoms. The van der Waals surface area contributed by atoms with Gasteiger partial charge in [-0.25, -0.2) is 0 Å². The molecule has 0 aliphatic heterocycles. The first-order chi connectivity index (χ1) is 5.58. The molecule has 72 valence electrons. The van der Waals surface area contributed by atoms with Gasteiger partial charge >= 0.3 is 0 Å². The number of halogens is 1. The maximum Gasteiger partial charge on any atom is 0.00932 e. The molecule has 1 aliphatic rings. The summed E-state index contributed by atoms with van der Waals surface area (Å²) in [7, 11) is 0. The summed E-state index contributed by atoms with van der Waals surface area (Å²) in [5, 5.41) is 1.21. The van der Waals surface area contributed by atoms with E-state index < -0.39 is 0 Å². The van der Waals surface area contributed by atoms with Crippen LogP contribution in [0.5, 0.6) is 0 Å². The van der Waals surface area contributed by atoms with Crippen LogP contribution < -0.4 is 0 Å². The molecule has 1 fully saturated rings. The first-order valence-electron chi connectivity index (χ1n) is 5.14. The molecule has 1 atom stereocenters. The number of alkyl halides is 1. The van der Waals surface area contributed by atoms with Crippen molar-refractivity contribution in [3.63, 3.8) is 0 Å². The molecule has 0 N–H and O–H groups in total. The predicted octanol–water partition coefficient (Wildman–Crippen LogP) is 4.38. The van der Waals surface area contributed by atoms with E-state index in [1.54, 1.807) is 0 Å². The van der Waals surface area contributed by atoms with Crippen molar-refractivity contribution >= 4 is 15.9 Å². The van der Waals surface area contributed by atoms with Crippen molar-refractivity contribution in [1.29, 1.82) is 0 Å². The largest absolute Gasteiger partial charge is 0.0922 e. The van der Waals surface area contributed by atoms with Gasteiger partial charge in [-0.15, -0.1) is 0 Å². The van der Waals surface area contributed by atoms with Gasteiger partial charge in [0.1, 0.15) is 0 Å². The fourth-order valence-corrected chi connectivity index (χ4v) is 3.47. The lowest BCUT2D eigenvalue weighted by Gasteiger charge is -2.16. The van der Waals surface area contributed by atoms with E-state index in [0.29, 0.717) is 10.8 Å². The third kappa shape index (κ3) is 1.86. The van der Waals surface area contributed by atoms with E-state index >= 15 is 0 Å². The van der Waals surface area contributed by atoms with Gasteiger partial charge in [-0.2, -0.15) is 0 Å². The van der Waals surface area contributed by atoms with E-state index in [4.69, 9.17) is 0 Å². The third-order valence-corrected chi connectivity index (χ3v) is 4.68. The summed E-state index contributed by atoms with van der Waals surface area (Å²) in [6, 6.07) is 0. The van der Waals surface area contributed by atoms with Gasteiger partial charge < -0.3 is 0 Å². The molecule has 0 saturated heterocycles. The highest BCUT2D eigenvalue weighted by molar-refractivity contribution is 9.09. The summed E-state index contributed by atoms with van der Waals surface area (Å²) in [4.78, 5) is 0. The number of rotatable bonds is 5. The zero-order valence-electron chi connectivity index (χ0n) is 8.62. The fourth-order valence-electron chi connectivity index (χ4n) is 2.24. The summed E-state index contributed by atoms with van der Waals surface area (Å²) < 4.78 is 0. The molecule has 1 saturated carbocycles. The molecule has 1 aliphatic carbocycles. The van der Waals surface area contributed by atoms with Crippen LogP contribution in [0.2, 0.25) is 0 Å². The van der Waals surface area contributed by atoms with Gasteiger partial charge in [-0.3, -0.25) is 0 Å². The summed E-state index contributed by atoms with van der Waals surface area (Å²) in [5.41, 5.74) is 1.27. The molecule has 0 nitrogen and oxygen atoms in total. The summed E-state index contributed by atoms with van der Waals surface area (Å²) in [5.74, 6) is 0. The van der Waals surface area contributed by atoms with Crippen LogP contribution in [0.15, 0.2) is 0 Å². The standard InChI is InChI=1S/C11H21Br/c1-4-5-6-7-11(9-12)8-10(11,2)3/h4-9H2,1-3H3. The second kappa shape index (κ2) is 3.69. The van der Waals surface area contributed by atoms with E-state index in [9.17, 15) is 0 Å². The summed E-state index contributed by atoms with van der Waals surface area (Å²) in [6.45, 7) is 7.08. The van der Waals surface area contributed by atoms with Crippen LogP contribution in [0, 0.1) is 10.8 Å².